The van der Waals surface area contributed by atoms with E-state index in [0.29, 0.717) is 11.5 Å². The van der Waals surface area contributed by atoms with E-state index in [1.165, 1.54) is 6.07 Å². The first-order valence-corrected chi connectivity index (χ1v) is 7.85. The third kappa shape index (κ3) is 3.59. The summed E-state index contributed by atoms with van der Waals surface area (Å²) in [7, 11) is 0. The Hall–Kier alpha value is -2.35. The van der Waals surface area contributed by atoms with E-state index >= 15 is 0 Å². The Kier molecular flexibility index (Phi) is 4.84. The fourth-order valence-corrected chi connectivity index (χ4v) is 3.01. The molecule has 0 spiro atoms. The van der Waals surface area contributed by atoms with Gasteiger partial charge in [0.05, 0.1) is 12.5 Å². The molecule has 3 N–H and O–H groups in total. The molecule has 0 aliphatic heterocycles. The number of halogens is 2. The minimum Gasteiger partial charge on any atom is -0.369 e. The van der Waals surface area contributed by atoms with Crippen LogP contribution in [-0.4, -0.2) is 22.1 Å². The third-order valence-corrected chi connectivity index (χ3v) is 4.29. The standard InChI is InChI=1S/C16H18F2N4O2/c17-11-6-5-9(7-12(11)18)16-21-14(24-22-16)8-20-13-4-2-1-3-10(13)15(19)23/h5-7,10,13,20H,1-4,8H2,(H2,19,23)/t10-,13+/m1/s1. The molecule has 1 aromatic heterocycles. The first-order chi connectivity index (χ1) is 11.5. The monoisotopic (exact) mass is 336 g/mol. The van der Waals surface area contributed by atoms with Gasteiger partial charge in [0.2, 0.25) is 17.6 Å². The highest BCUT2D eigenvalue weighted by atomic mass is 19.2. The number of nitrogens with two attached hydrogens (primary N) is 1. The molecule has 2 atom stereocenters. The summed E-state index contributed by atoms with van der Waals surface area (Å²) < 4.78 is 31.3. The van der Waals surface area contributed by atoms with E-state index in [0.717, 1.165) is 37.8 Å². The molecule has 8 heteroatoms. The van der Waals surface area contributed by atoms with Crippen LogP contribution >= 0.6 is 0 Å². The van der Waals surface area contributed by atoms with Gasteiger partial charge >= 0.3 is 0 Å². The number of aromatic nitrogens is 2. The summed E-state index contributed by atoms with van der Waals surface area (Å²) in [4.78, 5) is 15.6. The quantitative estimate of drug-likeness (QED) is 0.872. The SMILES string of the molecule is NC(=O)[C@@H]1CCCC[C@@H]1NCc1nc(-c2ccc(F)c(F)c2)no1. The fraction of sp³-hybridized carbons (Fsp3) is 0.438. The smallest absolute Gasteiger partial charge is 0.240 e. The number of carbonyl (C=O) groups excluding carboxylic acids is 1. The number of hydrogen-bond donors (Lipinski definition) is 2. The summed E-state index contributed by atoms with van der Waals surface area (Å²) in [6, 6.07) is 3.39. The van der Waals surface area contributed by atoms with Crippen molar-refractivity contribution in [3.05, 3.63) is 35.7 Å². The van der Waals surface area contributed by atoms with Crippen LogP contribution in [0.1, 0.15) is 31.6 Å². The number of primary amides is 1. The second kappa shape index (κ2) is 7.04. The normalized spacial score (nSPS) is 20.9. The topological polar surface area (TPSA) is 94.0 Å². The van der Waals surface area contributed by atoms with Crippen molar-refractivity contribution in [2.75, 3.05) is 0 Å². The number of nitrogens with zero attached hydrogens (tertiary/aromatic N) is 2. The molecular weight excluding hydrogens is 318 g/mol. The summed E-state index contributed by atoms with van der Waals surface area (Å²) >= 11 is 0. The molecule has 2 aromatic rings. The van der Waals surface area contributed by atoms with E-state index in [1.54, 1.807) is 0 Å². The summed E-state index contributed by atoms with van der Waals surface area (Å²) in [6.45, 7) is 0.283. The third-order valence-electron chi connectivity index (χ3n) is 4.29. The number of amides is 1. The van der Waals surface area contributed by atoms with E-state index < -0.39 is 11.6 Å². The fourth-order valence-electron chi connectivity index (χ4n) is 3.01. The molecule has 3 rings (SSSR count). The predicted octanol–water partition coefficient (Wildman–Crippen LogP) is 2.15. The maximum atomic E-state index is 13.3. The average Bonchev–Trinajstić information content (AvgIpc) is 3.04. The van der Waals surface area contributed by atoms with Crippen LogP contribution in [0.15, 0.2) is 22.7 Å². The highest BCUT2D eigenvalue weighted by molar-refractivity contribution is 5.77. The van der Waals surface area contributed by atoms with Crippen molar-refractivity contribution >= 4 is 5.91 Å². The van der Waals surface area contributed by atoms with Gasteiger partial charge in [-0.15, -0.1) is 0 Å². The molecule has 0 bridgehead atoms. The van der Waals surface area contributed by atoms with Gasteiger partial charge in [0.25, 0.3) is 0 Å². The Morgan fingerprint density at radius 1 is 1.29 bits per heavy atom. The zero-order valence-corrected chi connectivity index (χ0v) is 13.0. The number of hydrogen-bond acceptors (Lipinski definition) is 5. The molecule has 1 aromatic carbocycles. The first kappa shape index (κ1) is 16.5. The van der Waals surface area contributed by atoms with E-state index in [2.05, 4.69) is 15.5 Å². The molecule has 1 saturated carbocycles. The van der Waals surface area contributed by atoms with Crippen LogP contribution in [0, 0.1) is 17.6 Å². The van der Waals surface area contributed by atoms with E-state index in [1.807, 2.05) is 0 Å². The van der Waals surface area contributed by atoms with E-state index in [-0.39, 0.29) is 30.2 Å². The van der Waals surface area contributed by atoms with Crippen molar-refractivity contribution in [3.63, 3.8) is 0 Å². The van der Waals surface area contributed by atoms with Gasteiger partial charge in [-0.1, -0.05) is 18.0 Å². The summed E-state index contributed by atoms with van der Waals surface area (Å²) in [5, 5.41) is 6.99. The Bertz CT molecular complexity index is 735. The van der Waals surface area contributed by atoms with Crippen LogP contribution in [-0.2, 0) is 11.3 Å². The molecule has 24 heavy (non-hydrogen) atoms. The minimum absolute atomic E-state index is 0.0186. The highest BCUT2D eigenvalue weighted by Crippen LogP contribution is 2.24. The molecule has 0 radical (unpaired) electrons. The minimum atomic E-state index is -0.969. The van der Waals surface area contributed by atoms with Gasteiger partial charge in [-0.05, 0) is 31.0 Å². The molecule has 0 unspecified atom stereocenters. The Morgan fingerprint density at radius 3 is 2.83 bits per heavy atom. The van der Waals surface area contributed by atoms with Crippen LogP contribution in [0.5, 0.6) is 0 Å². The Balaban J connectivity index is 1.65. The first-order valence-electron chi connectivity index (χ1n) is 7.85. The largest absolute Gasteiger partial charge is 0.369 e. The van der Waals surface area contributed by atoms with Gasteiger partial charge in [0, 0.05) is 11.6 Å². The molecule has 0 saturated heterocycles. The molecule has 1 amide bonds. The summed E-state index contributed by atoms with van der Waals surface area (Å²) in [5.41, 5.74) is 5.77. The zero-order chi connectivity index (χ0) is 17.1. The van der Waals surface area contributed by atoms with Gasteiger partial charge in [-0.3, -0.25) is 4.79 Å². The van der Waals surface area contributed by atoms with Gasteiger partial charge in [-0.2, -0.15) is 4.98 Å². The van der Waals surface area contributed by atoms with Crippen LogP contribution < -0.4 is 11.1 Å². The number of carbonyl (C=O) groups is 1. The van der Waals surface area contributed by atoms with Crippen molar-refractivity contribution in [1.82, 2.24) is 15.5 Å². The Labute approximate surface area is 137 Å². The molecular formula is C16H18F2N4O2. The second-order valence-electron chi connectivity index (χ2n) is 5.92. The zero-order valence-electron chi connectivity index (χ0n) is 13.0. The average molecular weight is 336 g/mol. The number of benzene rings is 1. The van der Waals surface area contributed by atoms with E-state index in [9.17, 15) is 13.6 Å². The maximum Gasteiger partial charge on any atom is 0.240 e. The number of rotatable bonds is 5. The van der Waals surface area contributed by atoms with Gasteiger partial charge in [-0.25, -0.2) is 8.78 Å². The highest BCUT2D eigenvalue weighted by Gasteiger charge is 2.29. The predicted molar refractivity (Wildman–Crippen MR) is 81.4 cm³/mol. The van der Waals surface area contributed by atoms with Gasteiger partial charge in [0.15, 0.2) is 11.6 Å². The molecule has 1 aliphatic rings. The van der Waals surface area contributed by atoms with Crippen LogP contribution in [0.4, 0.5) is 8.78 Å². The van der Waals surface area contributed by atoms with Crippen LogP contribution in [0.2, 0.25) is 0 Å². The lowest BCUT2D eigenvalue weighted by Gasteiger charge is -2.29. The number of nitrogens with one attached hydrogen (secondary N) is 1. The molecule has 128 valence electrons. The lowest BCUT2D eigenvalue weighted by atomic mass is 9.84. The van der Waals surface area contributed by atoms with Crippen molar-refractivity contribution in [3.8, 4) is 11.4 Å². The van der Waals surface area contributed by atoms with Crippen molar-refractivity contribution in [2.24, 2.45) is 11.7 Å². The van der Waals surface area contributed by atoms with Crippen molar-refractivity contribution in [2.45, 2.75) is 38.3 Å². The van der Waals surface area contributed by atoms with Crippen LogP contribution in [0.3, 0.4) is 0 Å². The van der Waals surface area contributed by atoms with Crippen molar-refractivity contribution < 1.29 is 18.1 Å². The maximum absolute atomic E-state index is 13.3. The Morgan fingerprint density at radius 2 is 2.08 bits per heavy atom. The molecule has 1 fully saturated rings. The lowest BCUT2D eigenvalue weighted by Crippen LogP contribution is -2.44. The van der Waals surface area contributed by atoms with Gasteiger partial charge in [0.1, 0.15) is 0 Å². The van der Waals surface area contributed by atoms with Gasteiger partial charge < -0.3 is 15.6 Å². The molecule has 1 heterocycles. The molecule has 1 aliphatic carbocycles. The van der Waals surface area contributed by atoms with Crippen molar-refractivity contribution in [1.29, 1.82) is 0 Å². The lowest BCUT2D eigenvalue weighted by molar-refractivity contribution is -0.123. The van der Waals surface area contributed by atoms with Crippen LogP contribution in [0.25, 0.3) is 11.4 Å². The molecule has 6 nitrogen and oxygen atoms in total. The van der Waals surface area contributed by atoms with E-state index in [4.69, 9.17) is 10.3 Å². The second-order valence-corrected chi connectivity index (χ2v) is 5.92. The summed E-state index contributed by atoms with van der Waals surface area (Å²) in [6.07, 6.45) is 3.66. The summed E-state index contributed by atoms with van der Waals surface area (Å²) in [5.74, 6) is -1.92.